The molecule has 0 spiro atoms. The first-order valence-electron chi connectivity index (χ1n) is 10.7. The van der Waals surface area contributed by atoms with Crippen molar-refractivity contribution in [2.24, 2.45) is 10.7 Å². The third-order valence-corrected chi connectivity index (χ3v) is 5.41. The fourth-order valence-electron chi connectivity index (χ4n) is 3.94. The summed E-state index contributed by atoms with van der Waals surface area (Å²) < 4.78 is 7.67. The quantitative estimate of drug-likeness (QED) is 0.707. The molecule has 2 aromatic rings. The van der Waals surface area contributed by atoms with Crippen LogP contribution in [0.3, 0.4) is 0 Å². The molecule has 0 amide bonds. The lowest BCUT2D eigenvalue weighted by molar-refractivity contribution is 0.222. The highest BCUT2D eigenvalue weighted by molar-refractivity contribution is 6.16. The summed E-state index contributed by atoms with van der Waals surface area (Å²) in [6.07, 6.45) is 12.2. The van der Waals surface area contributed by atoms with Gasteiger partial charge in [0.25, 0.3) is 0 Å². The Hall–Kier alpha value is -3.25. The topological polar surface area (TPSA) is 78.3 Å². The molecule has 4 rings (SSSR count). The number of ether oxygens (including phenoxy) is 1. The van der Waals surface area contributed by atoms with Crippen LogP contribution in [-0.2, 0) is 17.7 Å². The number of pyridine rings is 1. The second-order valence-electron chi connectivity index (χ2n) is 7.95. The molecule has 2 N–H and O–H groups in total. The molecule has 0 saturated heterocycles. The monoisotopic (exact) mass is 415 g/mol. The van der Waals surface area contributed by atoms with E-state index in [-0.39, 0.29) is 0 Å². The summed E-state index contributed by atoms with van der Waals surface area (Å²) in [7, 11) is 0. The summed E-state index contributed by atoms with van der Waals surface area (Å²) in [5.74, 6) is 0.751. The number of rotatable bonds is 6. The Kier molecular flexibility index (Phi) is 6.28. The highest BCUT2D eigenvalue weighted by Crippen LogP contribution is 2.36. The van der Waals surface area contributed by atoms with E-state index in [1.165, 1.54) is 16.8 Å². The van der Waals surface area contributed by atoms with Gasteiger partial charge in [0.2, 0.25) is 0 Å². The van der Waals surface area contributed by atoms with E-state index in [0.29, 0.717) is 13.2 Å². The van der Waals surface area contributed by atoms with Crippen molar-refractivity contribution in [1.29, 1.82) is 0 Å². The van der Waals surface area contributed by atoms with Crippen LogP contribution < -0.4 is 5.73 Å². The predicted molar refractivity (Wildman–Crippen MR) is 125 cm³/mol. The largest absolute Gasteiger partial charge is 0.495 e. The molecule has 1 aliphatic heterocycles. The van der Waals surface area contributed by atoms with Crippen LogP contribution in [0, 0.1) is 0 Å². The normalized spacial score (nSPS) is 17.2. The van der Waals surface area contributed by atoms with Gasteiger partial charge < -0.3 is 10.5 Å². The van der Waals surface area contributed by atoms with Crippen molar-refractivity contribution < 1.29 is 4.74 Å². The van der Waals surface area contributed by atoms with Crippen LogP contribution >= 0.6 is 0 Å². The van der Waals surface area contributed by atoms with Gasteiger partial charge >= 0.3 is 0 Å². The van der Waals surface area contributed by atoms with Gasteiger partial charge in [-0.15, -0.1) is 0 Å². The Labute approximate surface area is 183 Å². The highest BCUT2D eigenvalue weighted by atomic mass is 16.5. The maximum atomic E-state index is 5.53. The maximum absolute atomic E-state index is 5.53. The smallest absolute Gasteiger partial charge is 0.119 e. The number of nitrogens with two attached hydrogens (primary N) is 1. The lowest BCUT2D eigenvalue weighted by Gasteiger charge is -2.15. The number of hydrogen-bond acceptors (Lipinski definition) is 5. The van der Waals surface area contributed by atoms with Crippen LogP contribution in [-0.4, -0.2) is 33.6 Å². The number of fused-ring (bicyclic) bond motifs is 1. The summed E-state index contributed by atoms with van der Waals surface area (Å²) in [5, 5.41) is 4.91. The van der Waals surface area contributed by atoms with Crippen molar-refractivity contribution in [3.05, 3.63) is 77.0 Å². The van der Waals surface area contributed by atoms with E-state index < -0.39 is 0 Å². The molecule has 0 saturated carbocycles. The van der Waals surface area contributed by atoms with Gasteiger partial charge in [-0.1, -0.05) is 17.7 Å². The molecule has 2 aliphatic rings. The molecule has 0 unspecified atom stereocenters. The summed E-state index contributed by atoms with van der Waals surface area (Å²) >= 11 is 0. The molecular formula is C25H29N5O. The Morgan fingerprint density at radius 1 is 1.26 bits per heavy atom. The fraction of sp³-hybridized carbons (Fsp3) is 0.320. The van der Waals surface area contributed by atoms with Crippen molar-refractivity contribution in [1.82, 2.24) is 14.8 Å². The minimum Gasteiger partial charge on any atom is -0.495 e. The molecule has 31 heavy (non-hydrogen) atoms. The molecule has 0 radical (unpaired) electrons. The first-order chi connectivity index (χ1) is 15.1. The number of aliphatic imine (C=N–C) groups is 1. The fourth-order valence-corrected chi connectivity index (χ4v) is 3.94. The zero-order valence-electron chi connectivity index (χ0n) is 18.4. The van der Waals surface area contributed by atoms with Gasteiger partial charge in [0.1, 0.15) is 11.5 Å². The average Bonchev–Trinajstić information content (AvgIpc) is 3.38. The van der Waals surface area contributed by atoms with E-state index in [1.54, 1.807) is 6.20 Å². The number of aromatic nitrogens is 3. The van der Waals surface area contributed by atoms with Crippen LogP contribution in [0.2, 0.25) is 0 Å². The zero-order valence-corrected chi connectivity index (χ0v) is 18.4. The van der Waals surface area contributed by atoms with Gasteiger partial charge in [-0.25, -0.2) is 0 Å². The second kappa shape index (κ2) is 9.27. The maximum Gasteiger partial charge on any atom is 0.119 e. The Morgan fingerprint density at radius 2 is 2.13 bits per heavy atom. The summed E-state index contributed by atoms with van der Waals surface area (Å²) in [4.78, 5) is 9.24. The van der Waals surface area contributed by atoms with Crippen LogP contribution in [0.25, 0.3) is 17.0 Å². The van der Waals surface area contributed by atoms with Gasteiger partial charge in [-0.3, -0.25) is 14.7 Å². The second-order valence-corrected chi connectivity index (χ2v) is 7.95. The van der Waals surface area contributed by atoms with E-state index in [4.69, 9.17) is 15.6 Å². The van der Waals surface area contributed by atoms with E-state index in [2.05, 4.69) is 46.7 Å². The summed E-state index contributed by atoms with van der Waals surface area (Å²) in [6, 6.07) is 5.97. The van der Waals surface area contributed by atoms with E-state index in [0.717, 1.165) is 53.4 Å². The van der Waals surface area contributed by atoms with Crippen molar-refractivity contribution in [3.8, 4) is 11.4 Å². The van der Waals surface area contributed by atoms with Crippen molar-refractivity contribution >= 4 is 11.3 Å². The molecule has 1 aliphatic carbocycles. The van der Waals surface area contributed by atoms with E-state index in [9.17, 15) is 0 Å². The number of aryl methyl sites for hydroxylation is 1. The summed E-state index contributed by atoms with van der Waals surface area (Å²) in [6.45, 7) is 8.06. The van der Waals surface area contributed by atoms with Gasteiger partial charge in [-0.2, -0.15) is 5.10 Å². The Bertz CT molecular complexity index is 1110. The lowest BCUT2D eigenvalue weighted by atomic mass is 9.90. The first-order valence-corrected chi connectivity index (χ1v) is 10.7. The van der Waals surface area contributed by atoms with Crippen LogP contribution in [0.4, 0.5) is 0 Å². The number of nitrogens with zero attached hydrogens (tertiary/aromatic N) is 4. The van der Waals surface area contributed by atoms with Crippen molar-refractivity contribution in [3.63, 3.8) is 0 Å². The van der Waals surface area contributed by atoms with Crippen molar-refractivity contribution in [2.45, 2.75) is 40.2 Å². The number of hydrogen-bond donors (Lipinski definition) is 1. The molecule has 160 valence electrons. The van der Waals surface area contributed by atoms with Gasteiger partial charge in [-0.05, 0) is 69.0 Å². The molecule has 2 aromatic heterocycles. The molecular weight excluding hydrogens is 386 g/mol. The van der Waals surface area contributed by atoms with Crippen molar-refractivity contribution in [2.75, 3.05) is 13.2 Å². The van der Waals surface area contributed by atoms with Gasteiger partial charge in [0, 0.05) is 30.5 Å². The molecule has 0 aromatic carbocycles. The minimum atomic E-state index is 0.488. The SMILES string of the molecule is CC(C)=C1C=C(c2c(-c3ccccn3)nn3c2CCC3)C=CC1=N/C=C(\C)OCCN. The first kappa shape index (κ1) is 21.0. The molecule has 0 atom stereocenters. The van der Waals surface area contributed by atoms with Crippen LogP contribution in [0.1, 0.15) is 38.4 Å². The third kappa shape index (κ3) is 4.44. The summed E-state index contributed by atoms with van der Waals surface area (Å²) in [5.41, 5.74) is 14.2. The highest BCUT2D eigenvalue weighted by Gasteiger charge is 2.26. The molecule has 6 heteroatoms. The van der Waals surface area contributed by atoms with Gasteiger partial charge in [0.15, 0.2) is 0 Å². The lowest BCUT2D eigenvalue weighted by Crippen LogP contribution is -2.07. The zero-order chi connectivity index (χ0) is 21.8. The minimum absolute atomic E-state index is 0.488. The number of allylic oxidation sites excluding steroid dienone is 7. The van der Waals surface area contributed by atoms with Crippen LogP contribution in [0.15, 0.2) is 70.7 Å². The average molecular weight is 416 g/mol. The van der Waals surface area contributed by atoms with E-state index >= 15 is 0 Å². The Morgan fingerprint density at radius 3 is 2.87 bits per heavy atom. The molecule has 0 fully saturated rings. The van der Waals surface area contributed by atoms with E-state index in [1.807, 2.05) is 31.3 Å². The molecule has 0 bridgehead atoms. The third-order valence-electron chi connectivity index (χ3n) is 5.41. The standard InChI is InChI=1S/C25H29N5O/c1-17(2)20-15-19(9-10-21(20)28-16-18(3)31-14-11-26)24-23-8-6-13-30(23)29-25(24)22-7-4-5-12-27-22/h4-5,7,9-10,12,15-16H,6,8,11,13-14,26H2,1-3H3/b18-16+,28-21?. The van der Waals surface area contributed by atoms with Crippen LogP contribution in [0.5, 0.6) is 0 Å². The molecule has 6 nitrogen and oxygen atoms in total. The Balaban J connectivity index is 1.74. The predicted octanol–water partition coefficient (Wildman–Crippen LogP) is 4.46. The van der Waals surface area contributed by atoms with Gasteiger partial charge in [0.05, 0.1) is 24.2 Å². The molecule has 3 heterocycles.